The fourth-order valence-corrected chi connectivity index (χ4v) is 3.86. The number of thioether (sulfide) groups is 1. The maximum absolute atomic E-state index is 11.6. The Hall–Kier alpha value is -2.30. The van der Waals surface area contributed by atoms with Gasteiger partial charge < -0.3 is 23.7 Å². The third kappa shape index (κ3) is 7.45. The lowest BCUT2D eigenvalue weighted by Crippen LogP contribution is -2.59. The molecule has 10 nitrogen and oxygen atoms in total. The normalized spacial score (nSPS) is 27.1. The van der Waals surface area contributed by atoms with Gasteiger partial charge in [0, 0.05) is 34.6 Å². The predicted molar refractivity (Wildman–Crippen MR) is 90.2 cm³/mol. The molecule has 1 rings (SSSR count). The number of hydrogen-bond acceptors (Lipinski definition) is 11. The van der Waals surface area contributed by atoms with Crippen molar-refractivity contribution in [2.75, 3.05) is 6.61 Å². The highest BCUT2D eigenvalue weighted by Crippen LogP contribution is 2.38. The SMILES string of the molecule is CC(=O)OC[C@H]1S[C@H](OC(C)=O)[C@@H](OC(C)=O)[C@@H](OC(C)=O)[C@@H]1OC(C)=O. The first-order valence-electron chi connectivity index (χ1n) is 7.99. The van der Waals surface area contributed by atoms with Crippen LogP contribution in [0.15, 0.2) is 0 Å². The van der Waals surface area contributed by atoms with Gasteiger partial charge in [0.2, 0.25) is 0 Å². The number of rotatable bonds is 6. The summed E-state index contributed by atoms with van der Waals surface area (Å²) in [7, 11) is 0. The van der Waals surface area contributed by atoms with E-state index in [1.807, 2.05) is 0 Å². The van der Waals surface area contributed by atoms with Crippen LogP contribution in [0.25, 0.3) is 0 Å². The van der Waals surface area contributed by atoms with Crippen molar-refractivity contribution >= 4 is 41.6 Å². The van der Waals surface area contributed by atoms with Crippen LogP contribution in [0.2, 0.25) is 0 Å². The van der Waals surface area contributed by atoms with Crippen molar-refractivity contribution in [1.29, 1.82) is 0 Å². The first-order chi connectivity index (χ1) is 12.5. The molecule has 0 spiro atoms. The zero-order valence-corrected chi connectivity index (χ0v) is 16.4. The van der Waals surface area contributed by atoms with Crippen LogP contribution in [-0.4, -0.2) is 65.5 Å². The number of carbonyl (C=O) groups excluding carboxylic acids is 5. The minimum Gasteiger partial charge on any atom is -0.465 e. The lowest BCUT2D eigenvalue weighted by Gasteiger charge is -2.43. The molecule has 1 fully saturated rings. The Kier molecular flexibility index (Phi) is 8.54. The monoisotopic (exact) mass is 406 g/mol. The third-order valence-corrected chi connectivity index (χ3v) is 4.62. The zero-order chi connectivity index (χ0) is 20.7. The van der Waals surface area contributed by atoms with Crippen molar-refractivity contribution < 1.29 is 47.7 Å². The van der Waals surface area contributed by atoms with Gasteiger partial charge in [-0.3, -0.25) is 24.0 Å². The van der Waals surface area contributed by atoms with Crippen LogP contribution >= 0.6 is 11.8 Å². The molecule has 0 aromatic carbocycles. The first-order valence-corrected chi connectivity index (χ1v) is 8.93. The molecule has 1 heterocycles. The van der Waals surface area contributed by atoms with Crippen molar-refractivity contribution in [2.24, 2.45) is 0 Å². The molecule has 152 valence electrons. The van der Waals surface area contributed by atoms with Crippen molar-refractivity contribution in [3.63, 3.8) is 0 Å². The molecule has 0 aromatic rings. The standard InChI is InChI=1S/C16H22O10S/c1-7(17)22-6-12-13(23-8(2)18)14(24-9(3)19)15(25-10(4)20)16(27-12)26-11(5)21/h12-16H,6H2,1-5H3/t12-,13-,14+,15+,16+/m1/s1. The van der Waals surface area contributed by atoms with Gasteiger partial charge in [0.05, 0.1) is 5.25 Å². The van der Waals surface area contributed by atoms with Gasteiger partial charge in [-0.25, -0.2) is 0 Å². The van der Waals surface area contributed by atoms with E-state index in [0.717, 1.165) is 39.5 Å². The predicted octanol–water partition coefficient (Wildman–Crippen LogP) is 0.349. The zero-order valence-electron chi connectivity index (χ0n) is 15.6. The van der Waals surface area contributed by atoms with Crippen LogP contribution in [0, 0.1) is 0 Å². The molecule has 1 aliphatic heterocycles. The summed E-state index contributed by atoms with van der Waals surface area (Å²) < 4.78 is 25.8. The van der Waals surface area contributed by atoms with Gasteiger partial charge >= 0.3 is 29.8 Å². The van der Waals surface area contributed by atoms with E-state index < -0.39 is 58.8 Å². The summed E-state index contributed by atoms with van der Waals surface area (Å²) in [6.45, 7) is 5.55. The molecule has 0 saturated carbocycles. The van der Waals surface area contributed by atoms with Crippen molar-refractivity contribution in [1.82, 2.24) is 0 Å². The summed E-state index contributed by atoms with van der Waals surface area (Å²) in [6.07, 6.45) is -3.59. The van der Waals surface area contributed by atoms with Crippen molar-refractivity contribution in [2.45, 2.75) is 63.6 Å². The molecule has 0 amide bonds. The highest BCUT2D eigenvalue weighted by Gasteiger charge is 2.53. The Bertz CT molecular complexity index is 604. The Labute approximate surface area is 160 Å². The maximum Gasteiger partial charge on any atom is 0.303 e. The topological polar surface area (TPSA) is 132 Å². The van der Waals surface area contributed by atoms with E-state index in [0.29, 0.717) is 0 Å². The number of carbonyl (C=O) groups is 5. The van der Waals surface area contributed by atoms with Gasteiger partial charge in [0.25, 0.3) is 0 Å². The van der Waals surface area contributed by atoms with Crippen LogP contribution in [-0.2, 0) is 47.7 Å². The maximum atomic E-state index is 11.6. The summed E-state index contributed by atoms with van der Waals surface area (Å²) in [4.78, 5) is 57.2. The van der Waals surface area contributed by atoms with Gasteiger partial charge in [-0.15, -0.1) is 11.8 Å². The summed E-state index contributed by atoms with van der Waals surface area (Å²) in [5.41, 5.74) is -1.07. The molecule has 1 aliphatic rings. The van der Waals surface area contributed by atoms with E-state index in [9.17, 15) is 24.0 Å². The van der Waals surface area contributed by atoms with Crippen molar-refractivity contribution in [3.8, 4) is 0 Å². The average Bonchev–Trinajstić information content (AvgIpc) is 2.49. The molecular weight excluding hydrogens is 384 g/mol. The molecule has 27 heavy (non-hydrogen) atoms. The van der Waals surface area contributed by atoms with E-state index in [-0.39, 0.29) is 6.61 Å². The van der Waals surface area contributed by atoms with Crippen LogP contribution in [0.4, 0.5) is 0 Å². The lowest BCUT2D eigenvalue weighted by molar-refractivity contribution is -0.195. The Morgan fingerprint density at radius 1 is 0.630 bits per heavy atom. The summed E-state index contributed by atoms with van der Waals surface area (Å²) in [5, 5.41) is -0.738. The second-order valence-corrected chi connectivity index (χ2v) is 7.02. The molecule has 11 heteroatoms. The number of ether oxygens (including phenoxy) is 5. The second-order valence-electron chi connectivity index (χ2n) is 5.68. The van der Waals surface area contributed by atoms with Crippen LogP contribution in [0.5, 0.6) is 0 Å². The molecule has 0 aliphatic carbocycles. The molecule has 5 atom stereocenters. The first kappa shape index (κ1) is 22.7. The molecule has 1 saturated heterocycles. The lowest BCUT2D eigenvalue weighted by atomic mass is 10.0. The average molecular weight is 406 g/mol. The number of esters is 5. The highest BCUT2D eigenvalue weighted by molar-refractivity contribution is 8.00. The van der Waals surface area contributed by atoms with Crippen LogP contribution in [0.1, 0.15) is 34.6 Å². The number of hydrogen-bond donors (Lipinski definition) is 0. The Morgan fingerprint density at radius 3 is 1.52 bits per heavy atom. The van der Waals surface area contributed by atoms with E-state index in [1.165, 1.54) is 6.92 Å². The molecule has 0 radical (unpaired) electrons. The van der Waals surface area contributed by atoms with Gasteiger partial charge in [0.15, 0.2) is 23.7 Å². The fourth-order valence-electron chi connectivity index (χ4n) is 2.45. The van der Waals surface area contributed by atoms with E-state index in [2.05, 4.69) is 0 Å². The quantitative estimate of drug-likeness (QED) is 0.447. The van der Waals surface area contributed by atoms with E-state index in [1.54, 1.807) is 0 Å². The largest absolute Gasteiger partial charge is 0.465 e. The molecular formula is C16H22O10S. The smallest absolute Gasteiger partial charge is 0.303 e. The van der Waals surface area contributed by atoms with Crippen molar-refractivity contribution in [3.05, 3.63) is 0 Å². The molecule has 0 bridgehead atoms. The summed E-state index contributed by atoms with van der Waals surface area (Å²) >= 11 is 0.967. The third-order valence-electron chi connectivity index (χ3n) is 3.23. The van der Waals surface area contributed by atoms with Crippen LogP contribution < -0.4 is 0 Å². The second kappa shape index (κ2) is 10.1. The molecule has 0 unspecified atom stereocenters. The van der Waals surface area contributed by atoms with Gasteiger partial charge in [-0.1, -0.05) is 0 Å². The highest BCUT2D eigenvalue weighted by atomic mass is 32.2. The summed E-state index contributed by atoms with van der Waals surface area (Å²) in [5.74, 6) is -3.36. The van der Waals surface area contributed by atoms with Gasteiger partial charge in [-0.2, -0.15) is 0 Å². The molecule has 0 N–H and O–H groups in total. The van der Waals surface area contributed by atoms with Gasteiger partial charge in [0.1, 0.15) is 6.61 Å². The van der Waals surface area contributed by atoms with Gasteiger partial charge in [-0.05, 0) is 0 Å². The summed E-state index contributed by atoms with van der Waals surface area (Å²) in [6, 6.07) is 0. The minimum atomic E-state index is -1.26. The minimum absolute atomic E-state index is 0.208. The van der Waals surface area contributed by atoms with E-state index in [4.69, 9.17) is 23.7 Å². The van der Waals surface area contributed by atoms with Crippen LogP contribution in [0.3, 0.4) is 0 Å². The van der Waals surface area contributed by atoms with E-state index >= 15 is 0 Å². The Morgan fingerprint density at radius 2 is 1.07 bits per heavy atom. The Balaban J connectivity index is 3.29. The fraction of sp³-hybridized carbons (Fsp3) is 0.688. The molecule has 0 aromatic heterocycles.